The summed E-state index contributed by atoms with van der Waals surface area (Å²) in [5, 5.41) is 3.63. The van der Waals surface area contributed by atoms with E-state index in [2.05, 4.69) is 10.3 Å². The van der Waals surface area contributed by atoms with Gasteiger partial charge >= 0.3 is 11.8 Å². The van der Waals surface area contributed by atoms with E-state index in [4.69, 9.17) is 4.74 Å². The van der Waals surface area contributed by atoms with Crippen molar-refractivity contribution in [1.29, 1.82) is 0 Å². The zero-order chi connectivity index (χ0) is 18.2. The van der Waals surface area contributed by atoms with Gasteiger partial charge in [0.1, 0.15) is 0 Å². The molecule has 0 radical (unpaired) electrons. The van der Waals surface area contributed by atoms with Gasteiger partial charge in [0, 0.05) is 24.2 Å². The Morgan fingerprint density at radius 1 is 1.28 bits per heavy atom. The molecule has 3 rings (SSSR count). The number of ether oxygens (including phenoxy) is 1. The molecule has 1 aromatic carbocycles. The van der Waals surface area contributed by atoms with Crippen LogP contribution >= 0.6 is 0 Å². The number of hydrogen-bond donors (Lipinski definition) is 1. The van der Waals surface area contributed by atoms with Gasteiger partial charge in [0.2, 0.25) is 0 Å². The Morgan fingerprint density at radius 2 is 2.04 bits per heavy atom. The summed E-state index contributed by atoms with van der Waals surface area (Å²) in [4.78, 5) is 31.1. The molecular formula is C19H23N3O3. The molecule has 1 atom stereocenters. The fraction of sp³-hybridized carbons (Fsp3) is 0.421. The van der Waals surface area contributed by atoms with Crippen molar-refractivity contribution in [3.05, 3.63) is 36.0 Å². The average molecular weight is 341 g/mol. The molecule has 1 aliphatic heterocycles. The van der Waals surface area contributed by atoms with Crippen molar-refractivity contribution >= 4 is 28.4 Å². The minimum absolute atomic E-state index is 0.109. The molecule has 0 saturated carbocycles. The predicted octanol–water partition coefficient (Wildman–Crippen LogP) is 2.51. The highest BCUT2D eigenvalue weighted by molar-refractivity contribution is 6.40. The molecule has 0 aliphatic carbocycles. The van der Waals surface area contributed by atoms with Crippen LogP contribution in [0.3, 0.4) is 0 Å². The average Bonchev–Trinajstić information content (AvgIpc) is 2.52. The lowest BCUT2D eigenvalue weighted by Gasteiger charge is -2.41. The van der Waals surface area contributed by atoms with E-state index in [1.54, 1.807) is 11.0 Å². The maximum absolute atomic E-state index is 12.6. The quantitative estimate of drug-likeness (QED) is 0.809. The van der Waals surface area contributed by atoms with Crippen molar-refractivity contribution in [2.45, 2.75) is 39.4 Å². The number of rotatable bonds is 1. The van der Waals surface area contributed by atoms with Crippen molar-refractivity contribution in [2.75, 3.05) is 18.4 Å². The Hall–Kier alpha value is -2.47. The van der Waals surface area contributed by atoms with E-state index in [-0.39, 0.29) is 6.10 Å². The number of fused-ring (bicyclic) bond motifs is 1. The first-order valence-corrected chi connectivity index (χ1v) is 8.40. The first-order valence-electron chi connectivity index (χ1n) is 8.40. The molecule has 1 saturated heterocycles. The fourth-order valence-corrected chi connectivity index (χ4v) is 3.27. The van der Waals surface area contributed by atoms with Gasteiger partial charge in [-0.05, 0) is 39.8 Å². The van der Waals surface area contributed by atoms with Crippen LogP contribution in [-0.4, -0.2) is 46.5 Å². The normalized spacial score (nSPS) is 19.7. The van der Waals surface area contributed by atoms with Crippen molar-refractivity contribution < 1.29 is 14.3 Å². The van der Waals surface area contributed by atoms with Gasteiger partial charge in [-0.2, -0.15) is 0 Å². The second kappa shape index (κ2) is 6.44. The van der Waals surface area contributed by atoms with Crippen LogP contribution in [0.5, 0.6) is 0 Å². The maximum Gasteiger partial charge on any atom is 0.313 e. The van der Waals surface area contributed by atoms with Gasteiger partial charge < -0.3 is 15.0 Å². The van der Waals surface area contributed by atoms with Gasteiger partial charge in [-0.1, -0.05) is 18.2 Å². The van der Waals surface area contributed by atoms with Crippen LogP contribution in [0.1, 0.15) is 26.5 Å². The Morgan fingerprint density at radius 3 is 2.76 bits per heavy atom. The Labute approximate surface area is 147 Å². The largest absolute Gasteiger partial charge is 0.369 e. The van der Waals surface area contributed by atoms with Gasteiger partial charge in [-0.25, -0.2) is 0 Å². The number of aryl methyl sites for hydroxylation is 1. The van der Waals surface area contributed by atoms with Crippen LogP contribution < -0.4 is 5.32 Å². The van der Waals surface area contributed by atoms with Gasteiger partial charge in [-0.15, -0.1) is 0 Å². The number of carbonyl (C=O) groups is 2. The van der Waals surface area contributed by atoms with Crippen molar-refractivity contribution in [2.24, 2.45) is 0 Å². The zero-order valence-electron chi connectivity index (χ0n) is 15.0. The molecule has 25 heavy (non-hydrogen) atoms. The number of para-hydroxylation sites is 1. The number of morpholine rings is 1. The molecular weight excluding hydrogens is 318 g/mol. The van der Waals surface area contributed by atoms with Gasteiger partial charge in [0.15, 0.2) is 0 Å². The number of nitrogens with zero attached hydrogens (tertiary/aromatic N) is 2. The third-order valence-electron chi connectivity index (χ3n) is 4.16. The number of carbonyl (C=O) groups excluding carboxylic acids is 2. The summed E-state index contributed by atoms with van der Waals surface area (Å²) in [6, 6.07) is 9.37. The van der Waals surface area contributed by atoms with Crippen LogP contribution in [0.15, 0.2) is 30.3 Å². The van der Waals surface area contributed by atoms with Gasteiger partial charge in [-0.3, -0.25) is 14.6 Å². The number of pyridine rings is 1. The summed E-state index contributed by atoms with van der Waals surface area (Å²) in [7, 11) is 0. The van der Waals surface area contributed by atoms with Crippen LogP contribution in [0.4, 0.5) is 5.69 Å². The first-order chi connectivity index (χ1) is 11.7. The molecule has 1 aromatic heterocycles. The van der Waals surface area contributed by atoms with E-state index in [0.29, 0.717) is 24.3 Å². The highest BCUT2D eigenvalue weighted by Gasteiger charge is 2.36. The lowest BCUT2D eigenvalue weighted by molar-refractivity contribution is -0.161. The molecule has 2 heterocycles. The van der Waals surface area contributed by atoms with E-state index in [1.807, 2.05) is 52.0 Å². The standard InChI is InChI=1S/C19H23N3O3/c1-12-8-9-14-6-5-7-15(16(14)20-12)21-17(23)18(24)22-10-13(2)25-19(3,4)11-22/h5-9,13H,10-11H2,1-4H3,(H,21,23)/t13-/m1/s1. The molecule has 0 spiro atoms. The number of amides is 2. The number of anilines is 1. The number of aromatic nitrogens is 1. The fourth-order valence-electron chi connectivity index (χ4n) is 3.27. The SMILES string of the molecule is Cc1ccc2cccc(NC(=O)C(=O)N3C[C@@H](C)OC(C)(C)C3)c2n1. The molecule has 2 aromatic rings. The first kappa shape index (κ1) is 17.4. The second-order valence-electron chi connectivity index (χ2n) is 7.16. The minimum Gasteiger partial charge on any atom is -0.369 e. The molecule has 1 N–H and O–H groups in total. The lowest BCUT2D eigenvalue weighted by atomic mass is 10.1. The monoisotopic (exact) mass is 341 g/mol. The molecule has 6 nitrogen and oxygen atoms in total. The van der Waals surface area contributed by atoms with Crippen LogP contribution in [0, 0.1) is 6.92 Å². The number of nitrogens with one attached hydrogen (secondary N) is 1. The van der Waals surface area contributed by atoms with E-state index < -0.39 is 17.4 Å². The molecule has 1 fully saturated rings. The summed E-state index contributed by atoms with van der Waals surface area (Å²) >= 11 is 0. The van der Waals surface area contributed by atoms with Crippen molar-refractivity contribution in [3.8, 4) is 0 Å². The van der Waals surface area contributed by atoms with E-state index in [0.717, 1.165) is 11.1 Å². The van der Waals surface area contributed by atoms with Gasteiger partial charge in [0.25, 0.3) is 0 Å². The summed E-state index contributed by atoms with van der Waals surface area (Å²) in [5.74, 6) is -1.20. The molecule has 2 amide bonds. The maximum atomic E-state index is 12.6. The molecule has 132 valence electrons. The summed E-state index contributed by atoms with van der Waals surface area (Å²) in [6.45, 7) is 8.41. The van der Waals surface area contributed by atoms with E-state index >= 15 is 0 Å². The third kappa shape index (κ3) is 3.79. The topological polar surface area (TPSA) is 71.5 Å². The predicted molar refractivity (Wildman–Crippen MR) is 96.3 cm³/mol. The molecule has 6 heteroatoms. The zero-order valence-corrected chi connectivity index (χ0v) is 15.0. The number of hydrogen-bond acceptors (Lipinski definition) is 4. The Balaban J connectivity index is 1.80. The van der Waals surface area contributed by atoms with E-state index in [9.17, 15) is 9.59 Å². The van der Waals surface area contributed by atoms with Crippen molar-refractivity contribution in [3.63, 3.8) is 0 Å². The van der Waals surface area contributed by atoms with Gasteiger partial charge in [0.05, 0.1) is 22.9 Å². The van der Waals surface area contributed by atoms with Crippen LogP contribution in [0.25, 0.3) is 10.9 Å². The molecule has 0 unspecified atom stereocenters. The minimum atomic E-state index is -0.652. The summed E-state index contributed by atoms with van der Waals surface area (Å²) in [6.07, 6.45) is -0.109. The molecule has 1 aliphatic rings. The Bertz CT molecular complexity index is 832. The summed E-state index contributed by atoms with van der Waals surface area (Å²) in [5.41, 5.74) is 1.61. The van der Waals surface area contributed by atoms with E-state index in [1.165, 1.54) is 0 Å². The highest BCUT2D eigenvalue weighted by Crippen LogP contribution is 2.23. The lowest BCUT2D eigenvalue weighted by Crippen LogP contribution is -2.56. The van der Waals surface area contributed by atoms with Crippen LogP contribution in [0.2, 0.25) is 0 Å². The van der Waals surface area contributed by atoms with Crippen molar-refractivity contribution in [1.82, 2.24) is 9.88 Å². The molecule has 0 bridgehead atoms. The highest BCUT2D eigenvalue weighted by atomic mass is 16.5. The second-order valence-corrected chi connectivity index (χ2v) is 7.16. The third-order valence-corrected chi connectivity index (χ3v) is 4.16. The van der Waals surface area contributed by atoms with Crippen LogP contribution in [-0.2, 0) is 14.3 Å². The summed E-state index contributed by atoms with van der Waals surface area (Å²) < 4.78 is 5.79. The number of benzene rings is 1. The smallest absolute Gasteiger partial charge is 0.313 e. The Kier molecular flexibility index (Phi) is 4.47.